The highest BCUT2D eigenvalue weighted by Crippen LogP contribution is 2.05. The van der Waals surface area contributed by atoms with Crippen molar-refractivity contribution in [2.45, 2.75) is 12.5 Å². The number of carbonyl (C=O) groups is 1. The van der Waals surface area contributed by atoms with Crippen LogP contribution in [0.5, 0.6) is 0 Å². The SMILES string of the molecule is CN1CCOC(CS(=O)CCC(=O)O)C1. The standard InChI is InChI=1S/C9H17NO4S/c1-10-3-4-14-8(6-10)7-15(13)5-2-9(11)12/h8H,2-7H2,1H3,(H,11,12). The Morgan fingerprint density at radius 3 is 3.00 bits per heavy atom. The molecule has 0 aromatic rings. The van der Waals surface area contributed by atoms with E-state index >= 15 is 0 Å². The van der Waals surface area contributed by atoms with Crippen molar-refractivity contribution in [3.63, 3.8) is 0 Å². The molecule has 0 amide bonds. The van der Waals surface area contributed by atoms with E-state index in [2.05, 4.69) is 4.90 Å². The van der Waals surface area contributed by atoms with Gasteiger partial charge in [0.15, 0.2) is 0 Å². The van der Waals surface area contributed by atoms with E-state index in [0.29, 0.717) is 12.4 Å². The summed E-state index contributed by atoms with van der Waals surface area (Å²) in [5.74, 6) is -0.235. The number of aliphatic carboxylic acids is 1. The predicted octanol–water partition coefficient (Wildman–Crippen LogP) is -0.460. The van der Waals surface area contributed by atoms with Gasteiger partial charge < -0.3 is 14.7 Å². The van der Waals surface area contributed by atoms with Gasteiger partial charge in [-0.05, 0) is 7.05 Å². The number of morpholine rings is 1. The Hall–Kier alpha value is -0.460. The number of nitrogens with zero attached hydrogens (tertiary/aromatic N) is 1. The van der Waals surface area contributed by atoms with E-state index in [4.69, 9.17) is 9.84 Å². The maximum absolute atomic E-state index is 11.5. The third-order valence-corrected chi connectivity index (χ3v) is 3.66. The molecule has 88 valence electrons. The van der Waals surface area contributed by atoms with E-state index in [9.17, 15) is 9.00 Å². The van der Waals surface area contributed by atoms with Crippen molar-refractivity contribution >= 4 is 16.8 Å². The maximum Gasteiger partial charge on any atom is 0.304 e. The Morgan fingerprint density at radius 1 is 1.67 bits per heavy atom. The summed E-state index contributed by atoms with van der Waals surface area (Å²) >= 11 is 0. The van der Waals surface area contributed by atoms with Crippen molar-refractivity contribution < 1.29 is 18.8 Å². The fraction of sp³-hybridized carbons (Fsp3) is 0.889. The Bertz CT molecular complexity index is 246. The molecule has 1 N–H and O–H groups in total. The molecule has 0 spiro atoms. The van der Waals surface area contributed by atoms with Crippen molar-refractivity contribution in [3.05, 3.63) is 0 Å². The fourth-order valence-electron chi connectivity index (χ4n) is 1.46. The largest absolute Gasteiger partial charge is 0.481 e. The summed E-state index contributed by atoms with van der Waals surface area (Å²) in [6.07, 6.45) is -0.0480. The molecule has 1 heterocycles. The molecular weight excluding hydrogens is 218 g/mol. The van der Waals surface area contributed by atoms with Gasteiger partial charge in [-0.3, -0.25) is 9.00 Å². The van der Waals surface area contributed by atoms with Gasteiger partial charge in [0, 0.05) is 29.6 Å². The average molecular weight is 235 g/mol. The molecule has 1 rings (SSSR count). The van der Waals surface area contributed by atoms with Gasteiger partial charge in [-0.2, -0.15) is 0 Å². The predicted molar refractivity (Wildman–Crippen MR) is 57.4 cm³/mol. The van der Waals surface area contributed by atoms with Gasteiger partial charge in [0.25, 0.3) is 0 Å². The van der Waals surface area contributed by atoms with Crippen LogP contribution in [0.2, 0.25) is 0 Å². The summed E-state index contributed by atoms with van der Waals surface area (Å²) in [4.78, 5) is 12.4. The highest BCUT2D eigenvalue weighted by molar-refractivity contribution is 7.85. The minimum absolute atomic E-state index is 0.0154. The zero-order valence-electron chi connectivity index (χ0n) is 8.85. The second-order valence-electron chi connectivity index (χ2n) is 3.71. The topological polar surface area (TPSA) is 66.8 Å². The Labute approximate surface area is 91.9 Å². The quantitative estimate of drug-likeness (QED) is 0.698. The highest BCUT2D eigenvalue weighted by Gasteiger charge is 2.20. The van der Waals surface area contributed by atoms with Crippen LogP contribution in [0, 0.1) is 0 Å². The van der Waals surface area contributed by atoms with Crippen LogP contribution in [0.25, 0.3) is 0 Å². The van der Waals surface area contributed by atoms with Crippen LogP contribution in [0.1, 0.15) is 6.42 Å². The maximum atomic E-state index is 11.5. The number of carboxylic acids is 1. The monoisotopic (exact) mass is 235 g/mol. The summed E-state index contributed by atoms with van der Waals surface area (Å²) < 4.78 is 16.9. The van der Waals surface area contributed by atoms with Crippen molar-refractivity contribution in [1.29, 1.82) is 0 Å². The summed E-state index contributed by atoms with van der Waals surface area (Å²) in [6, 6.07) is 0. The van der Waals surface area contributed by atoms with Crippen LogP contribution in [0.3, 0.4) is 0 Å². The van der Waals surface area contributed by atoms with Crippen LogP contribution in [0.15, 0.2) is 0 Å². The van der Waals surface area contributed by atoms with E-state index in [1.165, 1.54) is 0 Å². The van der Waals surface area contributed by atoms with E-state index in [-0.39, 0.29) is 18.3 Å². The van der Waals surface area contributed by atoms with Crippen LogP contribution in [0.4, 0.5) is 0 Å². The number of ether oxygens (including phenoxy) is 1. The van der Waals surface area contributed by atoms with Gasteiger partial charge in [0.2, 0.25) is 0 Å². The minimum atomic E-state index is -1.09. The first-order valence-corrected chi connectivity index (χ1v) is 6.43. The third-order valence-electron chi connectivity index (χ3n) is 2.26. The molecule has 0 aromatic carbocycles. The van der Waals surface area contributed by atoms with Gasteiger partial charge in [-0.25, -0.2) is 0 Å². The number of hydrogen-bond donors (Lipinski definition) is 1. The molecule has 6 heteroatoms. The van der Waals surface area contributed by atoms with Crippen LogP contribution < -0.4 is 0 Å². The van der Waals surface area contributed by atoms with Gasteiger partial charge in [0.1, 0.15) is 0 Å². The van der Waals surface area contributed by atoms with Crippen molar-refractivity contribution in [2.75, 3.05) is 38.2 Å². The summed E-state index contributed by atoms with van der Waals surface area (Å²) in [5, 5.41) is 8.44. The zero-order chi connectivity index (χ0) is 11.3. The van der Waals surface area contributed by atoms with Crippen LogP contribution >= 0.6 is 0 Å². The number of rotatable bonds is 5. The van der Waals surface area contributed by atoms with Crippen molar-refractivity contribution in [3.8, 4) is 0 Å². The van der Waals surface area contributed by atoms with Crippen LogP contribution in [-0.2, 0) is 20.3 Å². The molecule has 0 saturated carbocycles. The molecular formula is C9H17NO4S. The van der Waals surface area contributed by atoms with Gasteiger partial charge in [-0.1, -0.05) is 0 Å². The average Bonchev–Trinajstić information content (AvgIpc) is 2.15. The second kappa shape index (κ2) is 6.19. The van der Waals surface area contributed by atoms with Crippen molar-refractivity contribution in [2.24, 2.45) is 0 Å². The van der Waals surface area contributed by atoms with Gasteiger partial charge in [0.05, 0.1) is 24.9 Å². The summed E-state index contributed by atoms with van der Waals surface area (Å²) in [6.45, 7) is 2.34. The molecule has 1 aliphatic rings. The number of carboxylic acid groups (broad SMARTS) is 1. The van der Waals surface area contributed by atoms with Gasteiger partial charge >= 0.3 is 5.97 Å². The van der Waals surface area contributed by atoms with E-state index < -0.39 is 16.8 Å². The molecule has 0 aromatic heterocycles. The smallest absolute Gasteiger partial charge is 0.304 e. The van der Waals surface area contributed by atoms with Crippen LogP contribution in [-0.4, -0.2) is 64.5 Å². The zero-order valence-corrected chi connectivity index (χ0v) is 9.66. The molecule has 2 unspecified atom stereocenters. The normalized spacial score (nSPS) is 25.0. The number of hydrogen-bond acceptors (Lipinski definition) is 4. The molecule has 1 aliphatic heterocycles. The first kappa shape index (κ1) is 12.6. The van der Waals surface area contributed by atoms with E-state index in [1.807, 2.05) is 7.05 Å². The first-order valence-electron chi connectivity index (χ1n) is 4.95. The molecule has 1 fully saturated rings. The molecule has 15 heavy (non-hydrogen) atoms. The van der Waals surface area contributed by atoms with Crippen molar-refractivity contribution in [1.82, 2.24) is 4.90 Å². The molecule has 0 aliphatic carbocycles. The van der Waals surface area contributed by atoms with Gasteiger partial charge in [-0.15, -0.1) is 0 Å². The summed E-state index contributed by atoms with van der Waals surface area (Å²) in [5.41, 5.74) is 0. The molecule has 5 nitrogen and oxygen atoms in total. The lowest BCUT2D eigenvalue weighted by Crippen LogP contribution is -2.42. The Morgan fingerprint density at radius 2 is 2.40 bits per heavy atom. The fourth-order valence-corrected chi connectivity index (χ4v) is 2.64. The minimum Gasteiger partial charge on any atom is -0.481 e. The van der Waals surface area contributed by atoms with E-state index in [0.717, 1.165) is 13.1 Å². The third kappa shape index (κ3) is 5.25. The number of likely N-dealkylation sites (N-methyl/N-ethyl adjacent to an activating group) is 1. The lowest BCUT2D eigenvalue weighted by atomic mass is 10.3. The lowest BCUT2D eigenvalue weighted by molar-refractivity contribution is -0.136. The molecule has 0 bridgehead atoms. The highest BCUT2D eigenvalue weighted by atomic mass is 32.2. The summed E-state index contributed by atoms with van der Waals surface area (Å²) in [7, 11) is 0.910. The molecule has 2 atom stereocenters. The second-order valence-corrected chi connectivity index (χ2v) is 5.33. The Balaban J connectivity index is 2.22. The lowest BCUT2D eigenvalue weighted by Gasteiger charge is -2.29. The molecule has 0 radical (unpaired) electrons. The first-order chi connectivity index (χ1) is 7.08. The Kier molecular flexibility index (Phi) is 5.21. The van der Waals surface area contributed by atoms with E-state index in [1.54, 1.807) is 0 Å². The molecule has 1 saturated heterocycles.